The zero-order chi connectivity index (χ0) is 23.4. The van der Waals surface area contributed by atoms with E-state index in [4.69, 9.17) is 16.3 Å². The Bertz CT molecular complexity index is 1290. The minimum absolute atomic E-state index is 0.223. The minimum atomic E-state index is -3.68. The summed E-state index contributed by atoms with van der Waals surface area (Å²) in [6.45, 7) is 3.57. The van der Waals surface area contributed by atoms with Gasteiger partial charge in [0.2, 0.25) is 0 Å². The van der Waals surface area contributed by atoms with Gasteiger partial charge in [-0.2, -0.15) is 0 Å². The molecule has 33 heavy (non-hydrogen) atoms. The fourth-order valence-electron chi connectivity index (χ4n) is 4.49. The van der Waals surface area contributed by atoms with Crippen molar-refractivity contribution in [3.8, 4) is 11.4 Å². The van der Waals surface area contributed by atoms with Gasteiger partial charge in [-0.25, -0.2) is 18.4 Å². The lowest BCUT2D eigenvalue weighted by atomic mass is 10.2. The summed E-state index contributed by atoms with van der Waals surface area (Å²) >= 11 is 5.87. The van der Waals surface area contributed by atoms with Crippen LogP contribution in [0.2, 0.25) is 5.02 Å². The number of hydrogen-bond donors (Lipinski definition) is 0. The van der Waals surface area contributed by atoms with Crippen molar-refractivity contribution in [1.29, 1.82) is 0 Å². The van der Waals surface area contributed by atoms with Gasteiger partial charge in [-0.15, -0.1) is 10.2 Å². The number of nitrogens with zero attached hydrogens (tertiary/aromatic N) is 6. The third-order valence-corrected chi connectivity index (χ3v) is 8.96. The average Bonchev–Trinajstić information content (AvgIpc) is 3.68. The Morgan fingerprint density at radius 3 is 2.55 bits per heavy atom. The van der Waals surface area contributed by atoms with Crippen LogP contribution in [0.25, 0.3) is 11.4 Å². The zero-order valence-electron chi connectivity index (χ0n) is 18.6. The van der Waals surface area contributed by atoms with Crippen molar-refractivity contribution >= 4 is 21.4 Å². The summed E-state index contributed by atoms with van der Waals surface area (Å²) in [6.07, 6.45) is 8.88. The predicted molar refractivity (Wildman–Crippen MR) is 122 cm³/mol. The Balaban J connectivity index is 1.47. The lowest BCUT2D eigenvalue weighted by molar-refractivity contribution is 0.0948. The van der Waals surface area contributed by atoms with E-state index in [2.05, 4.69) is 25.1 Å². The predicted octanol–water partition coefficient (Wildman–Crippen LogP) is 3.51. The van der Waals surface area contributed by atoms with Gasteiger partial charge in [0.05, 0.1) is 10.3 Å². The lowest BCUT2D eigenvalue weighted by Gasteiger charge is -2.21. The standard InChI is InChI=1S/C22H25ClN6O3S/c1-13-6-15(9-24-8-13)21-28-27-18(29(21)17-7-22(17)4-5-22)12-33(30,31)14(2)19(32-3)20-25-10-16(23)11-26-20/h6,8-11,14,17,19H,4-5,7,12H2,1-3H3/t14-,17?,19-/m0/s1. The second-order valence-corrected chi connectivity index (χ2v) is 11.9. The quantitative estimate of drug-likeness (QED) is 0.473. The van der Waals surface area contributed by atoms with Gasteiger partial charge >= 0.3 is 0 Å². The summed E-state index contributed by atoms with van der Waals surface area (Å²) in [7, 11) is -2.24. The van der Waals surface area contributed by atoms with Crippen LogP contribution in [0.1, 0.15) is 55.5 Å². The highest BCUT2D eigenvalue weighted by molar-refractivity contribution is 7.91. The van der Waals surface area contributed by atoms with Crippen LogP contribution in [0.5, 0.6) is 0 Å². The largest absolute Gasteiger partial charge is 0.372 e. The van der Waals surface area contributed by atoms with Crippen molar-refractivity contribution in [2.45, 2.75) is 56.3 Å². The first kappa shape index (κ1) is 22.4. The summed E-state index contributed by atoms with van der Waals surface area (Å²) in [5.41, 5.74) is 2.13. The van der Waals surface area contributed by atoms with Crippen molar-refractivity contribution < 1.29 is 13.2 Å². The van der Waals surface area contributed by atoms with E-state index in [1.54, 1.807) is 19.3 Å². The first-order valence-corrected chi connectivity index (χ1v) is 12.9. The third kappa shape index (κ3) is 4.15. The lowest BCUT2D eigenvalue weighted by Crippen LogP contribution is -2.30. The van der Waals surface area contributed by atoms with Crippen molar-refractivity contribution in [3.63, 3.8) is 0 Å². The van der Waals surface area contributed by atoms with Gasteiger partial charge in [0, 0.05) is 43.5 Å². The highest BCUT2D eigenvalue weighted by Crippen LogP contribution is 2.73. The van der Waals surface area contributed by atoms with Crippen LogP contribution in [0.4, 0.5) is 0 Å². The molecule has 1 spiro atoms. The molecule has 0 N–H and O–H groups in total. The molecule has 3 aromatic heterocycles. The number of ether oxygens (including phenoxy) is 1. The Labute approximate surface area is 197 Å². The molecule has 174 valence electrons. The van der Waals surface area contributed by atoms with Crippen molar-refractivity contribution in [1.82, 2.24) is 29.7 Å². The van der Waals surface area contributed by atoms with Gasteiger partial charge in [0.15, 0.2) is 21.5 Å². The molecule has 2 saturated carbocycles. The summed E-state index contributed by atoms with van der Waals surface area (Å²) in [4.78, 5) is 12.6. The topological polar surface area (TPSA) is 113 Å². The molecular weight excluding hydrogens is 464 g/mol. The summed E-state index contributed by atoms with van der Waals surface area (Å²) in [6, 6.07) is 2.22. The molecule has 9 nitrogen and oxygen atoms in total. The maximum atomic E-state index is 13.5. The van der Waals surface area contributed by atoms with E-state index in [0.29, 0.717) is 16.7 Å². The number of sulfone groups is 1. The van der Waals surface area contributed by atoms with E-state index >= 15 is 0 Å². The highest BCUT2D eigenvalue weighted by atomic mass is 35.5. The number of halogens is 1. The second-order valence-electron chi connectivity index (χ2n) is 9.07. The van der Waals surface area contributed by atoms with Crippen LogP contribution in [-0.2, 0) is 20.3 Å². The molecular formula is C22H25ClN6O3S. The number of aromatic nitrogens is 6. The second kappa shape index (κ2) is 8.11. The van der Waals surface area contributed by atoms with Crippen LogP contribution in [-0.4, -0.2) is 50.5 Å². The summed E-state index contributed by atoms with van der Waals surface area (Å²) in [5, 5.41) is 8.20. The van der Waals surface area contributed by atoms with Gasteiger partial charge in [-0.3, -0.25) is 4.98 Å². The molecule has 5 rings (SSSR count). The van der Waals surface area contributed by atoms with Crippen molar-refractivity contribution in [3.05, 3.63) is 53.1 Å². The van der Waals surface area contributed by atoms with Gasteiger partial charge in [-0.1, -0.05) is 11.6 Å². The van der Waals surface area contributed by atoms with Crippen LogP contribution >= 0.6 is 11.6 Å². The molecule has 3 atom stereocenters. The smallest absolute Gasteiger partial charge is 0.165 e. The molecule has 0 aliphatic heterocycles. The number of methoxy groups -OCH3 is 1. The molecule has 2 aliphatic carbocycles. The summed E-state index contributed by atoms with van der Waals surface area (Å²) < 4.78 is 34.4. The molecule has 0 saturated heterocycles. The van der Waals surface area contributed by atoms with Crippen LogP contribution in [0.3, 0.4) is 0 Å². The zero-order valence-corrected chi connectivity index (χ0v) is 20.2. The average molecular weight is 489 g/mol. The molecule has 2 aliphatic rings. The maximum Gasteiger partial charge on any atom is 0.165 e. The monoisotopic (exact) mass is 488 g/mol. The molecule has 3 aromatic rings. The van der Waals surface area contributed by atoms with E-state index in [-0.39, 0.29) is 23.0 Å². The number of hydrogen-bond acceptors (Lipinski definition) is 8. The Hall–Kier alpha value is -2.43. The van der Waals surface area contributed by atoms with Crippen LogP contribution < -0.4 is 0 Å². The molecule has 0 bridgehead atoms. The van der Waals surface area contributed by atoms with E-state index < -0.39 is 21.2 Å². The maximum absolute atomic E-state index is 13.5. The van der Waals surface area contributed by atoms with Gasteiger partial charge in [0.1, 0.15) is 17.7 Å². The first-order valence-electron chi connectivity index (χ1n) is 10.8. The van der Waals surface area contributed by atoms with E-state index in [1.807, 2.05) is 17.6 Å². The highest BCUT2D eigenvalue weighted by Gasteiger charge is 2.64. The molecule has 0 radical (unpaired) electrons. The van der Waals surface area contributed by atoms with Gasteiger partial charge < -0.3 is 9.30 Å². The SMILES string of the molecule is CO[C@H](c1ncc(Cl)cn1)[C@H](C)S(=O)(=O)Cc1nnc(-c2cncc(C)c2)n1C1CC12CC2. The van der Waals surface area contributed by atoms with Crippen molar-refractivity contribution in [2.24, 2.45) is 5.41 Å². The van der Waals surface area contributed by atoms with Crippen molar-refractivity contribution in [2.75, 3.05) is 7.11 Å². The van der Waals surface area contributed by atoms with E-state index in [0.717, 1.165) is 30.4 Å². The normalized spacial score (nSPS) is 20.5. The molecule has 2 fully saturated rings. The fourth-order valence-corrected chi connectivity index (χ4v) is 6.02. The van der Waals surface area contributed by atoms with Crippen LogP contribution in [0, 0.1) is 12.3 Å². The minimum Gasteiger partial charge on any atom is -0.372 e. The number of pyridine rings is 1. The molecule has 3 heterocycles. The van der Waals surface area contributed by atoms with Gasteiger partial charge in [-0.05, 0) is 50.2 Å². The van der Waals surface area contributed by atoms with Gasteiger partial charge in [0.25, 0.3) is 0 Å². The molecule has 0 amide bonds. The Morgan fingerprint density at radius 1 is 1.21 bits per heavy atom. The molecule has 0 aromatic carbocycles. The van der Waals surface area contributed by atoms with E-state index in [1.165, 1.54) is 19.5 Å². The number of aryl methyl sites for hydroxylation is 1. The first-order chi connectivity index (χ1) is 15.7. The Morgan fingerprint density at radius 2 is 1.94 bits per heavy atom. The fraction of sp³-hybridized carbons (Fsp3) is 0.500. The van der Waals surface area contributed by atoms with E-state index in [9.17, 15) is 8.42 Å². The third-order valence-electron chi connectivity index (χ3n) is 6.72. The van der Waals surface area contributed by atoms with Crippen LogP contribution in [0.15, 0.2) is 30.9 Å². The number of rotatable bonds is 8. The molecule has 1 unspecified atom stereocenters. The molecule has 11 heteroatoms. The Kier molecular flexibility index (Phi) is 5.49. The summed E-state index contributed by atoms with van der Waals surface area (Å²) in [5.74, 6) is 1.13.